The fraction of sp³-hybridized carbons (Fsp3) is 0. The number of hydrogen-bond acceptors (Lipinski definition) is 2. The highest BCUT2D eigenvalue weighted by Gasteiger charge is 2.32. The Balaban J connectivity index is 1.45. The normalized spacial score (nSPS) is 11.9. The molecule has 0 fully saturated rings. The van der Waals surface area contributed by atoms with Crippen molar-refractivity contribution in [2.75, 3.05) is 0 Å². The first-order chi connectivity index (χ1) is 31.7. The minimum atomic E-state index is 0.133. The lowest BCUT2D eigenvalue weighted by Gasteiger charge is -2.27. The molecule has 0 unspecified atom stereocenters. The monoisotopic (exact) mass is 814 g/mol. The number of aromatic hydroxyl groups is 2. The highest BCUT2D eigenvalue weighted by atomic mass is 16.3. The minimum absolute atomic E-state index is 0.133. The number of rotatable bonds is 4. The Hall–Kier alpha value is -8.46. The number of benzene rings is 13. The molecule has 0 saturated heterocycles. The molecule has 0 bridgehead atoms. The van der Waals surface area contributed by atoms with Gasteiger partial charge < -0.3 is 10.2 Å². The van der Waals surface area contributed by atoms with Crippen molar-refractivity contribution in [3.05, 3.63) is 218 Å². The SMILES string of the molecule is Oc1c2c(-c3ccccc3)c3c4ccccc4c4ccccc4c3c(-c3ccccc3)c2c(O)c2c(-c3ccccc3)c3c4ccccc4c4ccccc4c3c(-c3ccccc3)c12. The van der Waals surface area contributed by atoms with Gasteiger partial charge >= 0.3 is 0 Å². The van der Waals surface area contributed by atoms with E-state index in [-0.39, 0.29) is 11.5 Å². The van der Waals surface area contributed by atoms with Crippen molar-refractivity contribution in [1.29, 1.82) is 0 Å². The fourth-order valence-electron chi connectivity index (χ4n) is 11.1. The van der Waals surface area contributed by atoms with E-state index in [4.69, 9.17) is 0 Å². The van der Waals surface area contributed by atoms with E-state index in [9.17, 15) is 10.2 Å². The van der Waals surface area contributed by atoms with Crippen molar-refractivity contribution in [3.63, 3.8) is 0 Å². The van der Waals surface area contributed by atoms with E-state index in [1.807, 2.05) is 24.3 Å². The van der Waals surface area contributed by atoms with Crippen molar-refractivity contribution in [1.82, 2.24) is 0 Å². The molecule has 298 valence electrons. The Morgan fingerprint density at radius 3 is 0.547 bits per heavy atom. The smallest absolute Gasteiger partial charge is 0.132 e. The van der Waals surface area contributed by atoms with Crippen LogP contribution in [0.15, 0.2) is 218 Å². The van der Waals surface area contributed by atoms with Gasteiger partial charge in [-0.2, -0.15) is 0 Å². The van der Waals surface area contributed by atoms with Crippen LogP contribution in [0.25, 0.3) is 131 Å². The zero-order chi connectivity index (χ0) is 42.5. The van der Waals surface area contributed by atoms with Crippen LogP contribution in [0.2, 0.25) is 0 Å². The minimum Gasteiger partial charge on any atom is -0.507 e. The molecular weight excluding hydrogens is 777 g/mol. The van der Waals surface area contributed by atoms with Crippen LogP contribution in [0.1, 0.15) is 0 Å². The molecule has 2 N–H and O–H groups in total. The predicted octanol–water partition coefficient (Wildman–Crippen LogP) is 17.0. The van der Waals surface area contributed by atoms with E-state index in [1.165, 1.54) is 0 Å². The summed E-state index contributed by atoms with van der Waals surface area (Å²) in [6.07, 6.45) is 0. The maximum atomic E-state index is 14.0. The average molecular weight is 815 g/mol. The van der Waals surface area contributed by atoms with Gasteiger partial charge in [-0.05, 0) is 86.9 Å². The number of fused-ring (bicyclic) bond motifs is 14. The molecule has 0 aliphatic carbocycles. The summed E-state index contributed by atoms with van der Waals surface area (Å²) in [5.74, 6) is 0.265. The first-order valence-electron chi connectivity index (χ1n) is 21.9. The Labute approximate surface area is 369 Å². The van der Waals surface area contributed by atoms with Crippen molar-refractivity contribution in [2.45, 2.75) is 0 Å². The Morgan fingerprint density at radius 2 is 0.344 bits per heavy atom. The van der Waals surface area contributed by atoms with Gasteiger partial charge in [-0.15, -0.1) is 0 Å². The number of hydrogen-bond donors (Lipinski definition) is 2. The first-order valence-corrected chi connectivity index (χ1v) is 21.9. The summed E-state index contributed by atoms with van der Waals surface area (Å²) >= 11 is 0. The predicted molar refractivity (Wildman–Crippen MR) is 272 cm³/mol. The summed E-state index contributed by atoms with van der Waals surface area (Å²) in [7, 11) is 0. The molecule has 0 amide bonds. The molecule has 13 aromatic carbocycles. The topological polar surface area (TPSA) is 40.5 Å². The summed E-state index contributed by atoms with van der Waals surface area (Å²) < 4.78 is 0. The maximum absolute atomic E-state index is 14.0. The molecule has 13 rings (SSSR count). The summed E-state index contributed by atoms with van der Waals surface area (Å²) in [6, 6.07) is 76.2. The Morgan fingerprint density at radius 1 is 0.172 bits per heavy atom. The average Bonchev–Trinajstić information content (AvgIpc) is 3.37. The molecule has 0 aliphatic rings. The molecular formula is C62H38O2. The standard InChI is InChI=1S/C62H38O2/c63-61-57-49(37-21-5-1-6-22-37)53-45-33-17-13-29-41(45)42-30-14-18-34-46(42)54(53)50(38-23-7-2-8-24-38)58(57)62(64)60-52(40-27-11-4-12-28-40)56-48-36-20-16-32-44(48)43-31-15-19-35-47(43)55(56)51(59(60)61)39-25-9-3-10-26-39/h1-36,63-64H. The molecule has 64 heavy (non-hydrogen) atoms. The second kappa shape index (κ2) is 14.0. The molecule has 2 nitrogen and oxygen atoms in total. The summed E-state index contributed by atoms with van der Waals surface area (Å²) in [4.78, 5) is 0. The van der Waals surface area contributed by atoms with Gasteiger partial charge in [0.2, 0.25) is 0 Å². The molecule has 0 radical (unpaired) electrons. The van der Waals surface area contributed by atoms with E-state index < -0.39 is 0 Å². The van der Waals surface area contributed by atoms with E-state index in [0.717, 1.165) is 109 Å². The van der Waals surface area contributed by atoms with E-state index in [2.05, 4.69) is 194 Å². The van der Waals surface area contributed by atoms with Crippen LogP contribution in [-0.4, -0.2) is 10.2 Å². The molecule has 0 saturated carbocycles. The summed E-state index contributed by atoms with van der Waals surface area (Å²) in [5, 5.41) is 43.5. The zero-order valence-corrected chi connectivity index (χ0v) is 34.7. The van der Waals surface area contributed by atoms with Gasteiger partial charge in [-0.1, -0.05) is 218 Å². The van der Waals surface area contributed by atoms with Crippen molar-refractivity contribution < 1.29 is 10.2 Å². The van der Waals surface area contributed by atoms with Crippen LogP contribution in [0, 0.1) is 0 Å². The number of phenolic OH excluding ortho intramolecular Hbond substituents is 2. The fourth-order valence-corrected chi connectivity index (χ4v) is 11.1. The van der Waals surface area contributed by atoms with Crippen LogP contribution in [0.3, 0.4) is 0 Å². The van der Waals surface area contributed by atoms with Crippen LogP contribution in [-0.2, 0) is 0 Å². The van der Waals surface area contributed by atoms with Gasteiger partial charge in [0.15, 0.2) is 0 Å². The van der Waals surface area contributed by atoms with Crippen LogP contribution in [0.4, 0.5) is 0 Å². The lowest BCUT2D eigenvalue weighted by molar-refractivity contribution is 0.479. The highest BCUT2D eigenvalue weighted by molar-refractivity contribution is 6.43. The number of phenols is 2. The molecule has 13 aromatic rings. The van der Waals surface area contributed by atoms with Crippen LogP contribution >= 0.6 is 0 Å². The molecule has 0 heterocycles. The van der Waals surface area contributed by atoms with Gasteiger partial charge in [-0.3, -0.25) is 0 Å². The second-order valence-electron chi connectivity index (χ2n) is 16.8. The lowest BCUT2D eigenvalue weighted by Crippen LogP contribution is -1.98. The highest BCUT2D eigenvalue weighted by Crippen LogP contribution is 2.60. The third-order valence-electron chi connectivity index (χ3n) is 13.6. The second-order valence-corrected chi connectivity index (χ2v) is 16.8. The van der Waals surface area contributed by atoms with Crippen LogP contribution in [0.5, 0.6) is 11.5 Å². The van der Waals surface area contributed by atoms with E-state index in [1.54, 1.807) is 0 Å². The van der Waals surface area contributed by atoms with Gasteiger partial charge in [0.1, 0.15) is 11.5 Å². The maximum Gasteiger partial charge on any atom is 0.132 e. The van der Waals surface area contributed by atoms with Gasteiger partial charge in [0.05, 0.1) is 0 Å². The van der Waals surface area contributed by atoms with E-state index in [0.29, 0.717) is 21.5 Å². The van der Waals surface area contributed by atoms with E-state index >= 15 is 0 Å². The van der Waals surface area contributed by atoms with Gasteiger partial charge in [0, 0.05) is 43.8 Å². The van der Waals surface area contributed by atoms with Crippen LogP contribution < -0.4 is 0 Å². The van der Waals surface area contributed by atoms with Crippen molar-refractivity contribution >= 4 is 86.2 Å². The summed E-state index contributed by atoms with van der Waals surface area (Å²) in [6.45, 7) is 0. The summed E-state index contributed by atoms with van der Waals surface area (Å²) in [5.41, 5.74) is 7.33. The lowest BCUT2D eigenvalue weighted by atomic mass is 9.77. The molecule has 0 aliphatic heterocycles. The molecule has 0 spiro atoms. The first kappa shape index (κ1) is 36.2. The largest absolute Gasteiger partial charge is 0.507 e. The Bertz CT molecular complexity index is 3520. The third kappa shape index (κ3) is 5.02. The zero-order valence-electron chi connectivity index (χ0n) is 34.7. The van der Waals surface area contributed by atoms with Crippen molar-refractivity contribution in [3.8, 4) is 56.0 Å². The molecule has 0 aromatic heterocycles. The quantitative estimate of drug-likeness (QED) is 0.106. The van der Waals surface area contributed by atoms with Gasteiger partial charge in [0.25, 0.3) is 0 Å². The third-order valence-corrected chi connectivity index (χ3v) is 13.6. The molecule has 0 atom stereocenters. The molecule has 2 heteroatoms. The van der Waals surface area contributed by atoms with Crippen molar-refractivity contribution in [2.24, 2.45) is 0 Å². The van der Waals surface area contributed by atoms with Gasteiger partial charge in [-0.25, -0.2) is 0 Å². The Kier molecular flexibility index (Phi) is 7.94.